The summed E-state index contributed by atoms with van der Waals surface area (Å²) >= 11 is 0. The molecule has 0 aromatic heterocycles. The number of benzene rings is 1. The van der Waals surface area contributed by atoms with Crippen molar-refractivity contribution in [3.63, 3.8) is 0 Å². The van der Waals surface area contributed by atoms with Crippen LogP contribution >= 0.6 is 0 Å². The summed E-state index contributed by atoms with van der Waals surface area (Å²) in [4.78, 5) is 0.302. The summed E-state index contributed by atoms with van der Waals surface area (Å²) < 4.78 is 37.4. The Morgan fingerprint density at radius 3 is 2.50 bits per heavy atom. The van der Waals surface area contributed by atoms with E-state index >= 15 is 0 Å². The van der Waals surface area contributed by atoms with Crippen LogP contribution in [-0.4, -0.2) is 35.3 Å². The average molecular weight is 301 g/mol. The van der Waals surface area contributed by atoms with Crippen molar-refractivity contribution in [2.45, 2.75) is 32.1 Å². The van der Waals surface area contributed by atoms with Crippen LogP contribution < -0.4 is 9.46 Å². The average Bonchev–Trinajstić information content (AvgIpc) is 2.40. The highest BCUT2D eigenvalue weighted by Crippen LogP contribution is 2.26. The molecule has 1 rings (SSSR count). The normalized spacial score (nSPS) is 11.6. The summed E-state index contributed by atoms with van der Waals surface area (Å²) in [6.45, 7) is 7.01. The number of hydrogen-bond acceptors (Lipinski definition) is 4. The zero-order valence-corrected chi connectivity index (χ0v) is 13.3. The minimum atomic E-state index is -3.49. The van der Waals surface area contributed by atoms with Crippen LogP contribution in [0.25, 0.3) is 0 Å². The topological polar surface area (TPSA) is 64.6 Å². The van der Waals surface area contributed by atoms with E-state index in [4.69, 9.17) is 9.47 Å². The third-order valence-electron chi connectivity index (χ3n) is 3.09. The van der Waals surface area contributed by atoms with Crippen molar-refractivity contribution in [2.24, 2.45) is 0 Å². The van der Waals surface area contributed by atoms with Crippen LogP contribution in [0.4, 0.5) is 0 Å². The minimum absolute atomic E-state index is 0.302. The van der Waals surface area contributed by atoms with E-state index in [9.17, 15) is 8.42 Å². The lowest BCUT2D eigenvalue weighted by Crippen LogP contribution is -2.26. The number of sulfonamides is 1. The number of rotatable bonds is 8. The van der Waals surface area contributed by atoms with Crippen molar-refractivity contribution in [3.8, 4) is 5.75 Å². The Morgan fingerprint density at radius 1 is 1.20 bits per heavy atom. The van der Waals surface area contributed by atoms with Gasteiger partial charge < -0.3 is 9.47 Å². The Morgan fingerprint density at radius 2 is 1.90 bits per heavy atom. The van der Waals surface area contributed by atoms with Crippen LogP contribution in [0.2, 0.25) is 0 Å². The summed E-state index contributed by atoms with van der Waals surface area (Å²) in [5.74, 6) is 0.725. The predicted octanol–water partition coefficient (Wildman–Crippen LogP) is 2.02. The molecule has 0 unspecified atom stereocenters. The molecule has 0 atom stereocenters. The molecule has 1 aromatic rings. The second kappa shape index (κ2) is 7.61. The van der Waals surface area contributed by atoms with Gasteiger partial charge in [0.1, 0.15) is 5.75 Å². The lowest BCUT2D eigenvalue weighted by molar-refractivity contribution is 0.196. The zero-order valence-electron chi connectivity index (χ0n) is 12.5. The Labute approximate surface area is 121 Å². The fourth-order valence-electron chi connectivity index (χ4n) is 1.87. The Kier molecular flexibility index (Phi) is 6.45. The maximum absolute atomic E-state index is 12.2. The molecule has 114 valence electrons. The monoisotopic (exact) mass is 301 g/mol. The zero-order chi connectivity index (χ0) is 15.2. The molecule has 0 aliphatic heterocycles. The van der Waals surface area contributed by atoms with E-state index in [1.807, 2.05) is 13.8 Å². The predicted molar refractivity (Wildman–Crippen MR) is 78.8 cm³/mol. The largest absolute Gasteiger partial charge is 0.494 e. The van der Waals surface area contributed by atoms with E-state index in [1.54, 1.807) is 26.2 Å². The maximum atomic E-state index is 12.2. The lowest BCUT2D eigenvalue weighted by atomic mass is 10.1. The van der Waals surface area contributed by atoms with Gasteiger partial charge in [-0.1, -0.05) is 0 Å². The summed E-state index contributed by atoms with van der Waals surface area (Å²) in [5, 5.41) is 0. The molecule has 0 aliphatic rings. The molecular formula is C14H23NO4S. The molecule has 0 saturated heterocycles. The lowest BCUT2D eigenvalue weighted by Gasteiger charge is -2.14. The first kappa shape index (κ1) is 16.9. The molecule has 0 amide bonds. The Balaban J connectivity index is 2.93. The molecule has 1 N–H and O–H groups in total. The summed E-state index contributed by atoms with van der Waals surface area (Å²) in [6.07, 6.45) is 0.644. The second-order valence-electron chi connectivity index (χ2n) is 4.49. The highest BCUT2D eigenvalue weighted by atomic mass is 32.2. The first-order valence-electron chi connectivity index (χ1n) is 6.65. The van der Waals surface area contributed by atoms with Gasteiger partial charge in [0, 0.05) is 20.3 Å². The van der Waals surface area contributed by atoms with Gasteiger partial charge in [-0.25, -0.2) is 13.1 Å². The first-order chi connectivity index (χ1) is 9.44. The van der Waals surface area contributed by atoms with Crippen molar-refractivity contribution in [1.82, 2.24) is 4.72 Å². The standard InChI is InChI=1S/C14H23NO4S/c1-5-19-13-7-8-14(12(3)11(13)2)20(16,17)15-9-6-10-18-4/h7-8,15H,5-6,9-10H2,1-4H3. The molecule has 5 nitrogen and oxygen atoms in total. The van der Waals surface area contributed by atoms with Crippen molar-refractivity contribution in [3.05, 3.63) is 23.3 Å². The minimum Gasteiger partial charge on any atom is -0.494 e. The van der Waals surface area contributed by atoms with Crippen molar-refractivity contribution < 1.29 is 17.9 Å². The van der Waals surface area contributed by atoms with Crippen LogP contribution in [0.3, 0.4) is 0 Å². The van der Waals surface area contributed by atoms with Gasteiger partial charge in [-0.2, -0.15) is 0 Å². The number of ether oxygens (including phenoxy) is 2. The molecule has 0 heterocycles. The van der Waals surface area contributed by atoms with Gasteiger partial charge >= 0.3 is 0 Å². The van der Waals surface area contributed by atoms with Crippen molar-refractivity contribution in [1.29, 1.82) is 0 Å². The molecule has 0 aliphatic carbocycles. The molecule has 0 bridgehead atoms. The second-order valence-corrected chi connectivity index (χ2v) is 6.22. The fraction of sp³-hybridized carbons (Fsp3) is 0.571. The fourth-order valence-corrected chi connectivity index (χ4v) is 3.25. The van der Waals surface area contributed by atoms with Gasteiger partial charge in [0.25, 0.3) is 0 Å². The third-order valence-corrected chi connectivity index (χ3v) is 4.70. The summed E-state index contributed by atoms with van der Waals surface area (Å²) in [5.41, 5.74) is 1.57. The molecule has 1 aromatic carbocycles. The summed E-state index contributed by atoms with van der Waals surface area (Å²) in [7, 11) is -1.89. The SMILES string of the molecule is CCOc1ccc(S(=O)(=O)NCCCOC)c(C)c1C. The highest BCUT2D eigenvalue weighted by molar-refractivity contribution is 7.89. The molecule has 20 heavy (non-hydrogen) atoms. The van der Waals surface area contributed by atoms with Crippen LogP contribution in [0.15, 0.2) is 17.0 Å². The van der Waals surface area contributed by atoms with Gasteiger partial charge in [-0.3, -0.25) is 0 Å². The van der Waals surface area contributed by atoms with Gasteiger partial charge in [0.2, 0.25) is 10.0 Å². The smallest absolute Gasteiger partial charge is 0.240 e. The van der Waals surface area contributed by atoms with Crippen LogP contribution in [0, 0.1) is 13.8 Å². The molecular weight excluding hydrogens is 278 g/mol. The molecule has 0 saturated carbocycles. The number of methoxy groups -OCH3 is 1. The van der Waals surface area contributed by atoms with Gasteiger partial charge in [0.05, 0.1) is 11.5 Å². The van der Waals surface area contributed by atoms with E-state index in [1.165, 1.54) is 0 Å². The summed E-state index contributed by atoms with van der Waals surface area (Å²) in [6, 6.07) is 3.29. The maximum Gasteiger partial charge on any atom is 0.240 e. The molecule has 6 heteroatoms. The Bertz CT molecular complexity index is 540. The highest BCUT2D eigenvalue weighted by Gasteiger charge is 2.18. The Hall–Kier alpha value is -1.11. The molecule has 0 spiro atoms. The van der Waals surface area contributed by atoms with E-state index in [-0.39, 0.29) is 0 Å². The van der Waals surface area contributed by atoms with E-state index < -0.39 is 10.0 Å². The van der Waals surface area contributed by atoms with Crippen molar-refractivity contribution in [2.75, 3.05) is 26.9 Å². The van der Waals surface area contributed by atoms with Gasteiger partial charge in [-0.05, 0) is 50.5 Å². The quantitative estimate of drug-likeness (QED) is 0.746. The van der Waals surface area contributed by atoms with E-state index in [0.717, 1.165) is 16.9 Å². The van der Waals surface area contributed by atoms with Crippen LogP contribution in [-0.2, 0) is 14.8 Å². The number of nitrogens with one attached hydrogen (secondary N) is 1. The van der Waals surface area contributed by atoms with Gasteiger partial charge in [-0.15, -0.1) is 0 Å². The van der Waals surface area contributed by atoms with Crippen LogP contribution in [0.1, 0.15) is 24.5 Å². The van der Waals surface area contributed by atoms with E-state index in [0.29, 0.717) is 31.1 Å². The van der Waals surface area contributed by atoms with Crippen molar-refractivity contribution >= 4 is 10.0 Å². The van der Waals surface area contributed by atoms with E-state index in [2.05, 4.69) is 4.72 Å². The third kappa shape index (κ3) is 4.19. The molecule has 0 radical (unpaired) electrons. The molecule has 0 fully saturated rings. The number of hydrogen-bond donors (Lipinski definition) is 1. The van der Waals surface area contributed by atoms with Crippen LogP contribution in [0.5, 0.6) is 5.75 Å². The van der Waals surface area contributed by atoms with Gasteiger partial charge in [0.15, 0.2) is 0 Å². The first-order valence-corrected chi connectivity index (χ1v) is 8.14.